The Morgan fingerprint density at radius 2 is 2.16 bits per heavy atom. The molecule has 1 aliphatic carbocycles. The maximum Gasteiger partial charge on any atom is 0.133 e. The molecular weight excluding hydrogens is 256 g/mol. The van der Waals surface area contributed by atoms with Crippen LogP contribution < -0.4 is 10.5 Å². The molecule has 2 unspecified atom stereocenters. The SMILES string of the molecule is Cc1cc(OC2CCCC(C)C2)c(C(N)=S)c(C)n1. The molecule has 0 amide bonds. The Balaban J connectivity index is 2.25. The second kappa shape index (κ2) is 5.87. The lowest BCUT2D eigenvalue weighted by Crippen LogP contribution is -2.26. The van der Waals surface area contributed by atoms with Crippen LogP contribution in [0.25, 0.3) is 0 Å². The van der Waals surface area contributed by atoms with Crippen LogP contribution in [0.3, 0.4) is 0 Å². The normalized spacial score (nSPS) is 23.1. The highest BCUT2D eigenvalue weighted by molar-refractivity contribution is 7.80. The van der Waals surface area contributed by atoms with Gasteiger partial charge in [-0.2, -0.15) is 0 Å². The predicted octanol–water partition coefficient (Wildman–Crippen LogP) is 3.29. The van der Waals surface area contributed by atoms with Crippen LogP contribution in [0.15, 0.2) is 6.07 Å². The number of rotatable bonds is 3. The molecule has 4 heteroatoms. The highest BCUT2D eigenvalue weighted by Crippen LogP contribution is 2.30. The molecule has 0 radical (unpaired) electrons. The molecule has 3 nitrogen and oxygen atoms in total. The van der Waals surface area contributed by atoms with E-state index in [0.717, 1.165) is 41.5 Å². The molecule has 1 heterocycles. The van der Waals surface area contributed by atoms with Gasteiger partial charge in [0, 0.05) is 11.8 Å². The van der Waals surface area contributed by atoms with Crippen molar-refractivity contribution in [2.24, 2.45) is 11.7 Å². The number of aryl methyl sites for hydroxylation is 2. The Kier molecular flexibility index (Phi) is 4.40. The van der Waals surface area contributed by atoms with Crippen LogP contribution in [0.2, 0.25) is 0 Å². The third kappa shape index (κ3) is 3.44. The van der Waals surface area contributed by atoms with Crippen molar-refractivity contribution in [2.45, 2.75) is 52.6 Å². The molecule has 1 aromatic heterocycles. The van der Waals surface area contributed by atoms with Crippen LogP contribution in [0.5, 0.6) is 5.75 Å². The molecule has 0 bridgehead atoms. The second-order valence-corrected chi connectivity index (χ2v) is 6.04. The van der Waals surface area contributed by atoms with Gasteiger partial charge in [0.1, 0.15) is 10.7 Å². The van der Waals surface area contributed by atoms with Crippen LogP contribution in [0, 0.1) is 19.8 Å². The molecule has 2 rings (SSSR count). The Bertz CT molecular complexity index is 487. The summed E-state index contributed by atoms with van der Waals surface area (Å²) in [5, 5.41) is 0. The van der Waals surface area contributed by atoms with Crippen molar-refractivity contribution in [3.63, 3.8) is 0 Å². The number of nitrogens with two attached hydrogens (primary N) is 1. The van der Waals surface area contributed by atoms with E-state index in [4.69, 9.17) is 22.7 Å². The van der Waals surface area contributed by atoms with Gasteiger partial charge in [0.05, 0.1) is 17.4 Å². The van der Waals surface area contributed by atoms with Crippen molar-refractivity contribution >= 4 is 17.2 Å². The third-order valence-electron chi connectivity index (χ3n) is 3.72. The first kappa shape index (κ1) is 14.3. The third-order valence-corrected chi connectivity index (χ3v) is 3.92. The molecule has 1 saturated carbocycles. The van der Waals surface area contributed by atoms with Gasteiger partial charge in [-0.05, 0) is 39.0 Å². The molecule has 1 aliphatic rings. The zero-order valence-electron chi connectivity index (χ0n) is 11.9. The van der Waals surface area contributed by atoms with Gasteiger partial charge in [-0.15, -0.1) is 0 Å². The fourth-order valence-electron chi connectivity index (χ4n) is 2.85. The lowest BCUT2D eigenvalue weighted by atomic mass is 9.88. The highest BCUT2D eigenvalue weighted by atomic mass is 32.1. The Morgan fingerprint density at radius 1 is 1.42 bits per heavy atom. The summed E-state index contributed by atoms with van der Waals surface area (Å²) in [6.45, 7) is 6.18. The highest BCUT2D eigenvalue weighted by Gasteiger charge is 2.22. The molecule has 19 heavy (non-hydrogen) atoms. The van der Waals surface area contributed by atoms with Gasteiger partial charge in [0.2, 0.25) is 0 Å². The van der Waals surface area contributed by atoms with E-state index in [2.05, 4.69) is 11.9 Å². The maximum absolute atomic E-state index is 6.17. The standard InChI is InChI=1S/C15H22N2OS/c1-9-5-4-6-12(7-9)18-13-8-10(2)17-11(3)14(13)15(16)19/h8-9,12H,4-7H2,1-3H3,(H2,16,19). The minimum atomic E-state index is 0.276. The van der Waals surface area contributed by atoms with Crippen molar-refractivity contribution in [3.8, 4) is 5.75 Å². The minimum Gasteiger partial charge on any atom is -0.490 e. The fraction of sp³-hybridized carbons (Fsp3) is 0.600. The van der Waals surface area contributed by atoms with Crippen molar-refractivity contribution in [1.29, 1.82) is 0 Å². The monoisotopic (exact) mass is 278 g/mol. The first-order valence-corrected chi connectivity index (χ1v) is 7.33. The van der Waals surface area contributed by atoms with E-state index in [9.17, 15) is 0 Å². The summed E-state index contributed by atoms with van der Waals surface area (Å²) in [4.78, 5) is 4.78. The number of hydrogen-bond donors (Lipinski definition) is 1. The van der Waals surface area contributed by atoms with E-state index in [-0.39, 0.29) is 6.10 Å². The predicted molar refractivity (Wildman–Crippen MR) is 81.6 cm³/mol. The van der Waals surface area contributed by atoms with Crippen molar-refractivity contribution in [3.05, 3.63) is 23.0 Å². The molecule has 2 atom stereocenters. The summed E-state index contributed by atoms with van der Waals surface area (Å²) in [5.41, 5.74) is 8.39. The Morgan fingerprint density at radius 3 is 2.79 bits per heavy atom. The van der Waals surface area contributed by atoms with E-state index in [0.29, 0.717) is 4.99 Å². The van der Waals surface area contributed by atoms with Crippen LogP contribution in [0.1, 0.15) is 49.6 Å². The number of hydrogen-bond acceptors (Lipinski definition) is 3. The van der Waals surface area contributed by atoms with Gasteiger partial charge < -0.3 is 10.5 Å². The average Bonchev–Trinajstić information content (AvgIpc) is 2.26. The summed E-state index contributed by atoms with van der Waals surface area (Å²) in [6.07, 6.45) is 5.03. The molecule has 0 aliphatic heterocycles. The molecule has 2 N–H and O–H groups in total. The quantitative estimate of drug-likeness (QED) is 0.862. The topological polar surface area (TPSA) is 48.1 Å². The van der Waals surface area contributed by atoms with Gasteiger partial charge in [0.15, 0.2) is 0 Å². The van der Waals surface area contributed by atoms with Crippen molar-refractivity contribution in [1.82, 2.24) is 4.98 Å². The summed E-state index contributed by atoms with van der Waals surface area (Å²) < 4.78 is 6.17. The number of ether oxygens (including phenoxy) is 1. The first-order valence-electron chi connectivity index (χ1n) is 6.92. The summed E-state index contributed by atoms with van der Waals surface area (Å²) in [6, 6.07) is 1.95. The van der Waals surface area contributed by atoms with Gasteiger partial charge in [-0.3, -0.25) is 4.98 Å². The van der Waals surface area contributed by atoms with Crippen LogP contribution in [0.4, 0.5) is 0 Å². The average molecular weight is 278 g/mol. The summed E-state index contributed by atoms with van der Waals surface area (Å²) >= 11 is 5.13. The summed E-state index contributed by atoms with van der Waals surface area (Å²) in [5.74, 6) is 1.53. The molecule has 0 spiro atoms. The molecule has 1 fully saturated rings. The van der Waals surface area contributed by atoms with Crippen LogP contribution >= 0.6 is 12.2 Å². The van der Waals surface area contributed by atoms with E-state index in [1.165, 1.54) is 12.8 Å². The molecule has 104 valence electrons. The van der Waals surface area contributed by atoms with E-state index >= 15 is 0 Å². The lowest BCUT2D eigenvalue weighted by Gasteiger charge is -2.28. The van der Waals surface area contributed by atoms with Gasteiger partial charge >= 0.3 is 0 Å². The Labute approximate surface area is 120 Å². The lowest BCUT2D eigenvalue weighted by molar-refractivity contribution is 0.129. The van der Waals surface area contributed by atoms with Gasteiger partial charge in [-0.25, -0.2) is 0 Å². The molecule has 0 saturated heterocycles. The zero-order chi connectivity index (χ0) is 14.0. The number of thiocarbonyl (C=S) groups is 1. The van der Waals surface area contributed by atoms with Crippen molar-refractivity contribution < 1.29 is 4.74 Å². The zero-order valence-corrected chi connectivity index (χ0v) is 12.7. The first-order chi connectivity index (χ1) is 8.97. The van der Waals surface area contributed by atoms with Crippen molar-refractivity contribution in [2.75, 3.05) is 0 Å². The second-order valence-electron chi connectivity index (χ2n) is 5.60. The molecule has 1 aromatic rings. The van der Waals surface area contributed by atoms with Gasteiger partial charge in [-0.1, -0.05) is 25.6 Å². The van der Waals surface area contributed by atoms with Crippen LogP contribution in [-0.2, 0) is 0 Å². The van der Waals surface area contributed by atoms with Gasteiger partial charge in [0.25, 0.3) is 0 Å². The molecular formula is C15H22N2OS. The minimum absolute atomic E-state index is 0.276. The Hall–Kier alpha value is -1.16. The summed E-state index contributed by atoms with van der Waals surface area (Å²) in [7, 11) is 0. The van der Waals surface area contributed by atoms with E-state index in [1.54, 1.807) is 0 Å². The van der Waals surface area contributed by atoms with E-state index in [1.807, 2.05) is 19.9 Å². The number of pyridine rings is 1. The van der Waals surface area contributed by atoms with E-state index < -0.39 is 0 Å². The smallest absolute Gasteiger partial charge is 0.133 e. The molecule has 0 aromatic carbocycles. The van der Waals surface area contributed by atoms with Crippen LogP contribution in [-0.4, -0.2) is 16.1 Å². The number of aromatic nitrogens is 1. The maximum atomic E-state index is 6.17. The largest absolute Gasteiger partial charge is 0.490 e. The number of nitrogens with zero attached hydrogens (tertiary/aromatic N) is 1. The fourth-order valence-corrected chi connectivity index (χ4v) is 3.10.